The average molecular weight is 305 g/mol. The maximum Gasteiger partial charge on any atom is 0.419 e. The van der Waals surface area contributed by atoms with Gasteiger partial charge in [0.15, 0.2) is 6.61 Å². The molecule has 0 radical (unpaired) electrons. The van der Waals surface area contributed by atoms with E-state index in [4.69, 9.17) is 4.74 Å². The molecule has 0 fully saturated rings. The molecule has 7 heteroatoms. The lowest BCUT2D eigenvalue weighted by molar-refractivity contribution is -0.139. The molecule has 0 saturated heterocycles. The number of aliphatic hydroxyl groups is 1. The van der Waals surface area contributed by atoms with Crippen LogP contribution in [0.3, 0.4) is 0 Å². The zero-order valence-corrected chi connectivity index (χ0v) is 11.6. The van der Waals surface area contributed by atoms with Gasteiger partial charge in [-0.2, -0.15) is 13.2 Å². The van der Waals surface area contributed by atoms with E-state index in [1.54, 1.807) is 0 Å². The lowest BCUT2D eigenvalue weighted by Gasteiger charge is -2.14. The van der Waals surface area contributed by atoms with Crippen LogP contribution >= 0.6 is 0 Å². The Morgan fingerprint density at radius 2 is 2.05 bits per heavy atom. The van der Waals surface area contributed by atoms with Gasteiger partial charge in [-0.1, -0.05) is 19.1 Å². The van der Waals surface area contributed by atoms with Crippen molar-refractivity contribution in [1.82, 2.24) is 5.32 Å². The van der Waals surface area contributed by atoms with Gasteiger partial charge in [-0.3, -0.25) is 4.79 Å². The maximum atomic E-state index is 12.7. The molecule has 1 amide bonds. The summed E-state index contributed by atoms with van der Waals surface area (Å²) in [6.45, 7) is 1.55. The third kappa shape index (κ3) is 6.03. The van der Waals surface area contributed by atoms with E-state index in [1.807, 2.05) is 6.92 Å². The highest BCUT2D eigenvalue weighted by molar-refractivity contribution is 5.77. The molecule has 0 aromatic heterocycles. The number of hydrogen-bond acceptors (Lipinski definition) is 3. The van der Waals surface area contributed by atoms with E-state index >= 15 is 0 Å². The lowest BCUT2D eigenvalue weighted by Crippen LogP contribution is -2.31. The van der Waals surface area contributed by atoms with Gasteiger partial charge >= 0.3 is 6.18 Å². The van der Waals surface area contributed by atoms with Gasteiger partial charge < -0.3 is 15.2 Å². The minimum Gasteiger partial charge on any atom is -0.483 e. The van der Waals surface area contributed by atoms with Crippen LogP contribution in [0.5, 0.6) is 5.75 Å². The van der Waals surface area contributed by atoms with Gasteiger partial charge in [0.05, 0.1) is 11.7 Å². The first-order valence-electron chi connectivity index (χ1n) is 6.58. The van der Waals surface area contributed by atoms with Crippen LogP contribution in [0.2, 0.25) is 0 Å². The summed E-state index contributed by atoms with van der Waals surface area (Å²) in [6, 6.07) is 4.71. The van der Waals surface area contributed by atoms with Crippen LogP contribution in [-0.4, -0.2) is 30.3 Å². The van der Waals surface area contributed by atoms with Gasteiger partial charge in [-0.05, 0) is 25.0 Å². The van der Waals surface area contributed by atoms with Crippen molar-refractivity contribution in [3.05, 3.63) is 29.8 Å². The van der Waals surface area contributed by atoms with Crippen LogP contribution in [0.1, 0.15) is 25.3 Å². The van der Waals surface area contributed by atoms with Gasteiger partial charge in [-0.15, -0.1) is 0 Å². The smallest absolute Gasteiger partial charge is 0.419 e. The molecule has 1 atom stereocenters. The Morgan fingerprint density at radius 1 is 1.38 bits per heavy atom. The van der Waals surface area contributed by atoms with E-state index in [1.165, 1.54) is 12.1 Å². The highest BCUT2D eigenvalue weighted by atomic mass is 19.4. The number of hydrogen-bond donors (Lipinski definition) is 2. The van der Waals surface area contributed by atoms with Crippen molar-refractivity contribution in [2.24, 2.45) is 0 Å². The molecule has 0 aliphatic rings. The summed E-state index contributed by atoms with van der Waals surface area (Å²) < 4.78 is 43.0. The first kappa shape index (κ1) is 17.3. The number of amides is 1. The van der Waals surface area contributed by atoms with E-state index in [0.29, 0.717) is 12.8 Å². The van der Waals surface area contributed by atoms with Crippen LogP contribution in [-0.2, 0) is 11.0 Å². The van der Waals surface area contributed by atoms with Crippen molar-refractivity contribution in [3.63, 3.8) is 0 Å². The number of carbonyl (C=O) groups excluding carboxylic acids is 1. The Hall–Kier alpha value is -1.76. The van der Waals surface area contributed by atoms with E-state index in [0.717, 1.165) is 12.1 Å². The molecule has 0 saturated carbocycles. The lowest BCUT2D eigenvalue weighted by atomic mass is 10.2. The van der Waals surface area contributed by atoms with E-state index in [9.17, 15) is 23.1 Å². The van der Waals surface area contributed by atoms with Crippen molar-refractivity contribution >= 4 is 5.91 Å². The molecular formula is C14H18F3NO3. The molecule has 4 nitrogen and oxygen atoms in total. The molecule has 1 aromatic rings. The first-order valence-corrected chi connectivity index (χ1v) is 6.58. The summed E-state index contributed by atoms with van der Waals surface area (Å²) in [4.78, 5) is 11.4. The third-order valence-corrected chi connectivity index (χ3v) is 2.82. The van der Waals surface area contributed by atoms with Crippen molar-refractivity contribution in [2.45, 2.75) is 32.0 Å². The van der Waals surface area contributed by atoms with Crippen LogP contribution in [0.4, 0.5) is 13.2 Å². The van der Waals surface area contributed by atoms with E-state index < -0.39 is 30.4 Å². The molecule has 0 spiro atoms. The summed E-state index contributed by atoms with van der Waals surface area (Å²) in [5, 5.41) is 11.8. The number of ether oxygens (including phenoxy) is 1. The SMILES string of the molecule is CCC(O)CCNC(=O)COc1ccccc1C(F)(F)F. The predicted molar refractivity (Wildman–Crippen MR) is 70.9 cm³/mol. The fourth-order valence-corrected chi connectivity index (χ4v) is 1.60. The fraction of sp³-hybridized carbons (Fsp3) is 0.500. The first-order chi connectivity index (χ1) is 9.84. The van der Waals surface area contributed by atoms with Gasteiger partial charge in [-0.25, -0.2) is 0 Å². The number of para-hydroxylation sites is 1. The molecular weight excluding hydrogens is 287 g/mol. The zero-order valence-electron chi connectivity index (χ0n) is 11.6. The Morgan fingerprint density at radius 3 is 2.67 bits per heavy atom. The van der Waals surface area contributed by atoms with E-state index in [2.05, 4.69) is 5.32 Å². The maximum absolute atomic E-state index is 12.7. The van der Waals surface area contributed by atoms with Crippen LogP contribution in [0, 0.1) is 0 Å². The Bertz CT molecular complexity index is 463. The number of aliphatic hydroxyl groups excluding tert-OH is 1. The van der Waals surface area contributed by atoms with Gasteiger partial charge in [0.25, 0.3) is 5.91 Å². The number of alkyl halides is 3. The Balaban J connectivity index is 2.47. The standard InChI is InChI=1S/C14H18F3NO3/c1-2-10(19)7-8-18-13(20)9-21-12-6-4-3-5-11(12)14(15,16)17/h3-6,10,19H,2,7-9H2,1H3,(H,18,20). The molecule has 0 aliphatic carbocycles. The van der Waals surface area contributed by atoms with Crippen LogP contribution in [0.25, 0.3) is 0 Å². The molecule has 21 heavy (non-hydrogen) atoms. The quantitative estimate of drug-likeness (QED) is 0.813. The monoisotopic (exact) mass is 305 g/mol. The van der Waals surface area contributed by atoms with Gasteiger partial charge in [0, 0.05) is 6.54 Å². The molecule has 0 aliphatic heterocycles. The summed E-state index contributed by atoms with van der Waals surface area (Å²) >= 11 is 0. The molecule has 0 heterocycles. The predicted octanol–water partition coefficient (Wildman–Crippen LogP) is 2.36. The minimum atomic E-state index is -4.53. The highest BCUT2D eigenvalue weighted by Crippen LogP contribution is 2.35. The zero-order chi connectivity index (χ0) is 15.9. The van der Waals surface area contributed by atoms with Crippen LogP contribution < -0.4 is 10.1 Å². The normalized spacial score (nSPS) is 12.8. The second-order valence-electron chi connectivity index (χ2n) is 4.48. The third-order valence-electron chi connectivity index (χ3n) is 2.82. The van der Waals surface area contributed by atoms with Crippen LogP contribution in [0.15, 0.2) is 24.3 Å². The summed E-state index contributed by atoms with van der Waals surface area (Å²) in [7, 11) is 0. The summed E-state index contributed by atoms with van der Waals surface area (Å²) in [5.74, 6) is -0.913. The van der Waals surface area contributed by atoms with E-state index in [-0.39, 0.29) is 12.3 Å². The minimum absolute atomic E-state index is 0.248. The molecule has 1 unspecified atom stereocenters. The second kappa shape index (κ2) is 7.87. The molecule has 0 bridgehead atoms. The Kier molecular flexibility index (Phi) is 6.48. The summed E-state index contributed by atoms with van der Waals surface area (Å²) in [6.07, 6.45) is -4.07. The number of nitrogens with one attached hydrogen (secondary N) is 1. The molecule has 1 aromatic carbocycles. The number of rotatable bonds is 7. The average Bonchev–Trinajstić information content (AvgIpc) is 2.44. The highest BCUT2D eigenvalue weighted by Gasteiger charge is 2.34. The Labute approximate surface area is 120 Å². The fourth-order valence-electron chi connectivity index (χ4n) is 1.60. The number of benzene rings is 1. The van der Waals surface area contributed by atoms with Gasteiger partial charge in [0.2, 0.25) is 0 Å². The molecule has 1 rings (SSSR count). The molecule has 2 N–H and O–H groups in total. The molecule has 118 valence electrons. The van der Waals surface area contributed by atoms with Crippen molar-refractivity contribution in [3.8, 4) is 5.75 Å². The van der Waals surface area contributed by atoms with Crippen molar-refractivity contribution in [1.29, 1.82) is 0 Å². The number of halogens is 3. The second-order valence-corrected chi connectivity index (χ2v) is 4.48. The van der Waals surface area contributed by atoms with Crippen molar-refractivity contribution in [2.75, 3.05) is 13.2 Å². The topological polar surface area (TPSA) is 58.6 Å². The summed E-state index contributed by atoms with van der Waals surface area (Å²) in [5.41, 5.74) is -0.917. The largest absolute Gasteiger partial charge is 0.483 e. The van der Waals surface area contributed by atoms with Crippen molar-refractivity contribution < 1.29 is 27.8 Å². The van der Waals surface area contributed by atoms with Gasteiger partial charge in [0.1, 0.15) is 5.75 Å². The number of carbonyl (C=O) groups is 1.